The molecule has 1 N–H and O–H groups in total. The summed E-state index contributed by atoms with van der Waals surface area (Å²) in [6.07, 6.45) is 0.962. The number of hydrogen-bond donors (Lipinski definition) is 1. The second-order valence-electron chi connectivity index (χ2n) is 7.26. The quantitative estimate of drug-likeness (QED) is 0.527. The maximum absolute atomic E-state index is 13.4. The molecule has 0 aliphatic heterocycles. The third-order valence-electron chi connectivity index (χ3n) is 5.18. The fourth-order valence-electron chi connectivity index (χ4n) is 3.75. The van der Waals surface area contributed by atoms with E-state index in [0.29, 0.717) is 35.3 Å². The summed E-state index contributed by atoms with van der Waals surface area (Å²) in [6.45, 7) is 5.79. The molecule has 8 heteroatoms. The average molecular weight is 410 g/mol. The first-order valence-corrected chi connectivity index (χ1v) is 9.98. The van der Waals surface area contributed by atoms with Gasteiger partial charge in [0.25, 0.3) is 5.56 Å². The molecular weight excluding hydrogens is 387 g/mol. The van der Waals surface area contributed by atoms with E-state index in [0.717, 1.165) is 11.3 Å². The van der Waals surface area contributed by atoms with Crippen molar-refractivity contribution in [1.29, 1.82) is 0 Å². The Bertz CT molecular complexity index is 1300. The number of nitrogens with one attached hydrogen (secondary N) is 1. The van der Waals surface area contributed by atoms with Gasteiger partial charge in [0, 0.05) is 25.1 Å². The van der Waals surface area contributed by atoms with Crippen LogP contribution in [-0.4, -0.2) is 20.1 Å². The first-order valence-electron chi connectivity index (χ1n) is 9.98. The van der Waals surface area contributed by atoms with Crippen LogP contribution in [-0.2, 0) is 17.8 Å². The molecule has 4 rings (SSSR count). The van der Waals surface area contributed by atoms with Crippen molar-refractivity contribution in [2.45, 2.75) is 46.2 Å². The maximum Gasteiger partial charge on any atom is 0.291 e. The second kappa shape index (κ2) is 7.78. The second-order valence-corrected chi connectivity index (χ2v) is 7.26. The van der Waals surface area contributed by atoms with Gasteiger partial charge in [0.15, 0.2) is 5.58 Å². The molecule has 0 saturated heterocycles. The van der Waals surface area contributed by atoms with E-state index in [9.17, 15) is 14.0 Å². The Morgan fingerprint density at radius 2 is 2.03 bits per heavy atom. The molecule has 0 aliphatic rings. The van der Waals surface area contributed by atoms with E-state index in [1.54, 1.807) is 22.6 Å². The Kier molecular flexibility index (Phi) is 5.15. The molecule has 0 aliphatic carbocycles. The fourth-order valence-corrected chi connectivity index (χ4v) is 3.75. The van der Waals surface area contributed by atoms with E-state index in [1.807, 2.05) is 26.8 Å². The van der Waals surface area contributed by atoms with Gasteiger partial charge in [0.2, 0.25) is 5.91 Å². The molecule has 1 aromatic carbocycles. The summed E-state index contributed by atoms with van der Waals surface area (Å²) < 4.78 is 22.1. The molecule has 30 heavy (non-hydrogen) atoms. The van der Waals surface area contributed by atoms with E-state index < -0.39 is 6.04 Å². The first-order chi connectivity index (χ1) is 14.4. The molecule has 4 aromatic rings. The van der Waals surface area contributed by atoms with Gasteiger partial charge < -0.3 is 9.73 Å². The van der Waals surface area contributed by atoms with Crippen molar-refractivity contribution in [2.75, 3.05) is 0 Å². The minimum Gasteiger partial charge on any atom is -0.460 e. The van der Waals surface area contributed by atoms with Gasteiger partial charge in [-0.1, -0.05) is 26.0 Å². The molecule has 0 bridgehead atoms. The Hall–Kier alpha value is -3.42. The number of fused-ring (bicyclic) bond motifs is 3. The standard InChI is InChI=1S/C22H23FN4O3/c1-4-16(21(28)24-12-14-7-6-8-15(23)10-14)27-22(29)18-11-19-17(9-13(3)30-19)26(18)20(5-2)25-27/h6-11,16H,4-5,12H2,1-3H3,(H,24,28). The highest BCUT2D eigenvalue weighted by Crippen LogP contribution is 2.24. The zero-order chi connectivity index (χ0) is 21.4. The maximum atomic E-state index is 13.4. The highest BCUT2D eigenvalue weighted by Gasteiger charge is 2.24. The molecule has 0 radical (unpaired) electrons. The molecule has 1 atom stereocenters. The van der Waals surface area contributed by atoms with Crippen LogP contribution >= 0.6 is 0 Å². The van der Waals surface area contributed by atoms with E-state index in [4.69, 9.17) is 4.42 Å². The lowest BCUT2D eigenvalue weighted by Crippen LogP contribution is -2.39. The lowest BCUT2D eigenvalue weighted by atomic mass is 10.2. The number of rotatable bonds is 6. The van der Waals surface area contributed by atoms with E-state index in [1.165, 1.54) is 16.8 Å². The summed E-state index contributed by atoms with van der Waals surface area (Å²) in [5.41, 5.74) is 2.11. The Morgan fingerprint density at radius 3 is 2.73 bits per heavy atom. The van der Waals surface area contributed by atoms with Crippen LogP contribution in [0.4, 0.5) is 4.39 Å². The third kappa shape index (κ3) is 3.38. The number of aryl methyl sites for hydroxylation is 2. The number of nitrogens with zero attached hydrogens (tertiary/aromatic N) is 3. The van der Waals surface area contributed by atoms with E-state index in [-0.39, 0.29) is 23.8 Å². The summed E-state index contributed by atoms with van der Waals surface area (Å²) in [7, 11) is 0. The zero-order valence-corrected chi connectivity index (χ0v) is 17.1. The molecule has 1 unspecified atom stereocenters. The number of hydrogen-bond acceptors (Lipinski definition) is 4. The predicted molar refractivity (Wildman–Crippen MR) is 111 cm³/mol. The number of carbonyl (C=O) groups is 1. The van der Waals surface area contributed by atoms with Gasteiger partial charge in [0.05, 0.1) is 5.52 Å². The third-order valence-corrected chi connectivity index (χ3v) is 5.18. The number of amides is 1. The summed E-state index contributed by atoms with van der Waals surface area (Å²) in [5.74, 6) is 0.715. The number of carbonyl (C=O) groups excluding carboxylic acids is 1. The number of furan rings is 1. The van der Waals surface area contributed by atoms with Gasteiger partial charge in [-0.05, 0) is 31.0 Å². The van der Waals surface area contributed by atoms with E-state index in [2.05, 4.69) is 10.4 Å². The summed E-state index contributed by atoms with van der Waals surface area (Å²) >= 11 is 0. The largest absolute Gasteiger partial charge is 0.460 e. The average Bonchev–Trinajstić information content (AvgIpc) is 3.25. The van der Waals surface area contributed by atoms with Crippen LogP contribution in [0.5, 0.6) is 0 Å². The molecule has 7 nitrogen and oxygen atoms in total. The number of aromatic nitrogens is 3. The highest BCUT2D eigenvalue weighted by molar-refractivity contribution is 5.83. The van der Waals surface area contributed by atoms with Crippen LogP contribution in [0.25, 0.3) is 16.6 Å². The number of halogens is 1. The zero-order valence-electron chi connectivity index (χ0n) is 17.1. The normalized spacial score (nSPS) is 12.5. The van der Waals surface area contributed by atoms with Crippen molar-refractivity contribution in [1.82, 2.24) is 19.5 Å². The van der Waals surface area contributed by atoms with Gasteiger partial charge in [-0.15, -0.1) is 0 Å². The summed E-state index contributed by atoms with van der Waals surface area (Å²) in [4.78, 5) is 26.0. The Morgan fingerprint density at radius 1 is 1.23 bits per heavy atom. The van der Waals surface area contributed by atoms with Crippen molar-refractivity contribution in [3.05, 3.63) is 69.7 Å². The topological polar surface area (TPSA) is 81.5 Å². The van der Waals surface area contributed by atoms with Crippen LogP contribution < -0.4 is 10.9 Å². The fraction of sp³-hybridized carbons (Fsp3) is 0.318. The minimum absolute atomic E-state index is 0.169. The van der Waals surface area contributed by atoms with Crippen molar-refractivity contribution in [3.8, 4) is 0 Å². The molecule has 1 amide bonds. The van der Waals surface area contributed by atoms with Crippen LogP contribution in [0.3, 0.4) is 0 Å². The lowest BCUT2D eigenvalue weighted by Gasteiger charge is -2.18. The monoisotopic (exact) mass is 410 g/mol. The lowest BCUT2D eigenvalue weighted by molar-refractivity contribution is -0.125. The Balaban J connectivity index is 1.71. The first kappa shape index (κ1) is 19.9. The van der Waals surface area contributed by atoms with E-state index >= 15 is 0 Å². The van der Waals surface area contributed by atoms with Crippen molar-refractivity contribution in [2.24, 2.45) is 0 Å². The molecular formula is C22H23FN4O3. The van der Waals surface area contributed by atoms with Gasteiger partial charge in [0.1, 0.15) is 29.0 Å². The molecule has 3 aromatic heterocycles. The summed E-state index contributed by atoms with van der Waals surface area (Å²) in [5, 5.41) is 7.30. The van der Waals surface area contributed by atoms with Crippen LogP contribution in [0.2, 0.25) is 0 Å². The predicted octanol–water partition coefficient (Wildman–Crippen LogP) is 3.52. The minimum atomic E-state index is -0.774. The van der Waals surface area contributed by atoms with Gasteiger partial charge >= 0.3 is 0 Å². The van der Waals surface area contributed by atoms with Crippen molar-refractivity contribution in [3.63, 3.8) is 0 Å². The molecule has 156 valence electrons. The van der Waals surface area contributed by atoms with Crippen molar-refractivity contribution >= 4 is 22.5 Å². The Labute approximate surface area is 172 Å². The molecule has 3 heterocycles. The molecule has 0 spiro atoms. The van der Waals surface area contributed by atoms with Crippen molar-refractivity contribution < 1.29 is 13.6 Å². The van der Waals surface area contributed by atoms with Crippen LogP contribution in [0.1, 0.15) is 43.5 Å². The number of benzene rings is 1. The smallest absolute Gasteiger partial charge is 0.291 e. The molecule has 0 fully saturated rings. The van der Waals surface area contributed by atoms with Gasteiger partial charge in [-0.2, -0.15) is 5.10 Å². The van der Waals surface area contributed by atoms with Crippen LogP contribution in [0, 0.1) is 12.7 Å². The van der Waals surface area contributed by atoms with Gasteiger partial charge in [-0.3, -0.25) is 14.0 Å². The molecule has 0 saturated carbocycles. The van der Waals surface area contributed by atoms with Gasteiger partial charge in [-0.25, -0.2) is 9.07 Å². The SMILES string of the molecule is CCc1nn(C(CC)C(=O)NCc2cccc(F)c2)c(=O)c2cc3oc(C)cc3n12. The summed E-state index contributed by atoms with van der Waals surface area (Å²) in [6, 6.07) is 8.82. The van der Waals surface area contributed by atoms with Crippen LogP contribution in [0.15, 0.2) is 45.6 Å². The highest BCUT2D eigenvalue weighted by atomic mass is 19.1.